The number of allylic oxidation sites excluding steroid dienone is 2. The standard InChI is InChI=1S/C26H37NO5/c1-14(5-8-23(31)32-4)17-6-7-18-24-19(11-22(30)26(17,18)3)25(2)12-15(13-27)20(28)9-16(25)10-21(24)29/h12,14,16-19,21-22,24,29-30H,5-11H2,1-4H3/t14-,16+,17?,18+,19+,21-,22+,24+,25+,26-/m1/s1. The Balaban J connectivity index is 1.64. The fraction of sp³-hybridized carbons (Fsp3) is 0.808. The Hall–Kier alpha value is -1.71. The van der Waals surface area contributed by atoms with Crippen molar-refractivity contribution in [3.8, 4) is 6.07 Å². The molecule has 6 heteroatoms. The van der Waals surface area contributed by atoms with Crippen LogP contribution in [0.3, 0.4) is 0 Å². The third-order valence-electron chi connectivity index (χ3n) is 10.2. The second-order valence-corrected chi connectivity index (χ2v) is 11.3. The van der Waals surface area contributed by atoms with Gasteiger partial charge >= 0.3 is 5.97 Å². The number of methoxy groups -OCH3 is 1. The van der Waals surface area contributed by atoms with Crippen molar-refractivity contribution in [3.05, 3.63) is 11.6 Å². The Bertz CT molecular complexity index is 861. The summed E-state index contributed by atoms with van der Waals surface area (Å²) >= 11 is 0. The molecule has 3 saturated carbocycles. The lowest BCUT2D eigenvalue weighted by molar-refractivity contribution is -0.186. The number of Topliss-reactive ketones (excluding diaryl/α,β-unsaturated/α-hetero) is 1. The van der Waals surface area contributed by atoms with Gasteiger partial charge in [-0.3, -0.25) is 9.59 Å². The highest BCUT2D eigenvalue weighted by molar-refractivity contribution is 6.00. The van der Waals surface area contributed by atoms with Gasteiger partial charge < -0.3 is 14.9 Å². The Kier molecular flexibility index (Phi) is 6.05. The van der Waals surface area contributed by atoms with Crippen LogP contribution in [0.1, 0.15) is 65.7 Å². The number of carbonyl (C=O) groups excluding carboxylic acids is 2. The zero-order valence-corrected chi connectivity index (χ0v) is 19.7. The summed E-state index contributed by atoms with van der Waals surface area (Å²) < 4.78 is 4.81. The minimum Gasteiger partial charge on any atom is -0.469 e. The summed E-state index contributed by atoms with van der Waals surface area (Å²) in [6, 6.07) is 2.08. The third-order valence-corrected chi connectivity index (χ3v) is 10.2. The lowest BCUT2D eigenvalue weighted by Crippen LogP contribution is -2.61. The van der Waals surface area contributed by atoms with E-state index < -0.39 is 12.2 Å². The van der Waals surface area contributed by atoms with E-state index in [1.54, 1.807) is 0 Å². The number of fused-ring (bicyclic) bond motifs is 5. The smallest absolute Gasteiger partial charge is 0.305 e. The molecule has 0 bridgehead atoms. The number of ether oxygens (including phenoxy) is 1. The molecule has 0 aromatic heterocycles. The van der Waals surface area contributed by atoms with Gasteiger partial charge in [0.1, 0.15) is 6.07 Å². The van der Waals surface area contributed by atoms with Crippen LogP contribution in [0.5, 0.6) is 0 Å². The Morgan fingerprint density at radius 1 is 1.28 bits per heavy atom. The maximum Gasteiger partial charge on any atom is 0.305 e. The summed E-state index contributed by atoms with van der Waals surface area (Å²) in [7, 11) is 1.41. The molecule has 0 heterocycles. The van der Waals surface area contributed by atoms with Crippen molar-refractivity contribution >= 4 is 11.8 Å². The van der Waals surface area contributed by atoms with Gasteiger partial charge in [-0.2, -0.15) is 5.26 Å². The first-order valence-electron chi connectivity index (χ1n) is 12.2. The number of ketones is 1. The number of nitrogens with zero attached hydrogens (tertiary/aromatic N) is 1. The predicted molar refractivity (Wildman–Crippen MR) is 118 cm³/mol. The van der Waals surface area contributed by atoms with Crippen molar-refractivity contribution < 1.29 is 24.5 Å². The molecule has 6 nitrogen and oxygen atoms in total. The molecule has 4 aliphatic carbocycles. The number of rotatable bonds is 4. The van der Waals surface area contributed by atoms with Crippen LogP contribution in [0, 0.1) is 57.7 Å². The largest absolute Gasteiger partial charge is 0.469 e. The summed E-state index contributed by atoms with van der Waals surface area (Å²) in [5, 5.41) is 32.4. The molecule has 2 N–H and O–H groups in total. The maximum absolute atomic E-state index is 12.4. The van der Waals surface area contributed by atoms with Crippen LogP contribution >= 0.6 is 0 Å². The monoisotopic (exact) mass is 443 g/mol. The summed E-state index contributed by atoms with van der Waals surface area (Å²) in [5.41, 5.74) is -0.435. The fourth-order valence-electron chi connectivity index (χ4n) is 8.39. The van der Waals surface area contributed by atoms with Gasteiger partial charge in [0.15, 0.2) is 5.78 Å². The zero-order valence-electron chi connectivity index (χ0n) is 19.7. The predicted octanol–water partition coefficient (Wildman–Crippen LogP) is 3.42. The zero-order chi connectivity index (χ0) is 23.4. The molecule has 0 saturated heterocycles. The molecule has 0 spiro atoms. The number of hydrogen-bond donors (Lipinski definition) is 2. The number of hydrogen-bond acceptors (Lipinski definition) is 6. The van der Waals surface area contributed by atoms with E-state index in [4.69, 9.17) is 4.74 Å². The van der Waals surface area contributed by atoms with E-state index in [9.17, 15) is 25.1 Å². The Labute approximate surface area is 191 Å². The molecule has 32 heavy (non-hydrogen) atoms. The number of carbonyl (C=O) groups is 2. The van der Waals surface area contributed by atoms with Crippen molar-refractivity contribution in [1.29, 1.82) is 5.26 Å². The number of nitriles is 1. The van der Waals surface area contributed by atoms with Crippen LogP contribution < -0.4 is 0 Å². The van der Waals surface area contributed by atoms with Crippen molar-refractivity contribution in [3.63, 3.8) is 0 Å². The first-order valence-corrected chi connectivity index (χ1v) is 12.2. The van der Waals surface area contributed by atoms with Gasteiger partial charge in [-0.05, 0) is 78.4 Å². The average molecular weight is 444 g/mol. The molecule has 1 unspecified atom stereocenters. The van der Waals surface area contributed by atoms with Gasteiger partial charge in [0.2, 0.25) is 0 Å². The highest BCUT2D eigenvalue weighted by Crippen LogP contribution is 2.67. The summed E-state index contributed by atoms with van der Waals surface area (Å²) in [4.78, 5) is 24.1. The first kappa shape index (κ1) is 23.4. The second-order valence-electron chi connectivity index (χ2n) is 11.3. The van der Waals surface area contributed by atoms with Crippen molar-refractivity contribution in [1.82, 2.24) is 0 Å². The van der Waals surface area contributed by atoms with Crippen molar-refractivity contribution in [2.75, 3.05) is 7.11 Å². The van der Waals surface area contributed by atoms with E-state index in [1.807, 2.05) is 6.08 Å². The van der Waals surface area contributed by atoms with Crippen LogP contribution in [-0.4, -0.2) is 41.3 Å². The molecule has 4 rings (SSSR count). The SMILES string of the molecule is COC(=O)CC[C@@H](C)C1CC[C@H]2[C@@H]3[C@H](O)C[C@@H]4CC(=O)C(C#N)=C[C@]4(C)[C@H]3C[C@H](O)[C@]12C. The van der Waals surface area contributed by atoms with Gasteiger partial charge in [0.05, 0.1) is 24.9 Å². The Morgan fingerprint density at radius 3 is 2.66 bits per heavy atom. The molecule has 0 aromatic carbocycles. The van der Waals surface area contributed by atoms with E-state index in [1.165, 1.54) is 7.11 Å². The second kappa shape index (κ2) is 8.25. The first-order chi connectivity index (χ1) is 15.1. The van der Waals surface area contributed by atoms with Gasteiger partial charge in [-0.1, -0.05) is 26.8 Å². The molecule has 0 radical (unpaired) electrons. The maximum atomic E-state index is 12.4. The lowest BCUT2D eigenvalue weighted by Gasteiger charge is -2.62. The highest BCUT2D eigenvalue weighted by atomic mass is 16.5. The van der Waals surface area contributed by atoms with Crippen molar-refractivity contribution in [2.45, 2.75) is 77.9 Å². The van der Waals surface area contributed by atoms with Gasteiger partial charge in [0.25, 0.3) is 0 Å². The minimum absolute atomic E-state index is 0.0103. The molecule has 0 aromatic rings. The van der Waals surface area contributed by atoms with Gasteiger partial charge in [0, 0.05) is 12.8 Å². The summed E-state index contributed by atoms with van der Waals surface area (Å²) in [5.74, 6) is 0.524. The highest BCUT2D eigenvalue weighted by Gasteiger charge is 2.65. The third kappa shape index (κ3) is 3.35. The molecule has 3 fully saturated rings. The van der Waals surface area contributed by atoms with Crippen LogP contribution in [0.15, 0.2) is 11.6 Å². The molecular formula is C26H37NO5. The van der Waals surface area contributed by atoms with Crippen LogP contribution in [0.4, 0.5) is 0 Å². The van der Waals surface area contributed by atoms with Crippen LogP contribution in [0.25, 0.3) is 0 Å². The lowest BCUT2D eigenvalue weighted by atomic mass is 9.44. The van der Waals surface area contributed by atoms with E-state index in [0.717, 1.165) is 19.3 Å². The average Bonchev–Trinajstić information content (AvgIpc) is 3.12. The molecule has 10 atom stereocenters. The number of aliphatic hydroxyl groups excluding tert-OH is 2. The molecule has 176 valence electrons. The summed E-state index contributed by atoms with van der Waals surface area (Å²) in [6.45, 7) is 6.49. The van der Waals surface area contributed by atoms with E-state index in [-0.39, 0.29) is 63.7 Å². The molecule has 0 aliphatic heterocycles. The quantitative estimate of drug-likeness (QED) is 0.645. The normalized spacial score (nSPS) is 46.2. The molecular weight excluding hydrogens is 406 g/mol. The fourth-order valence-corrected chi connectivity index (χ4v) is 8.39. The summed E-state index contributed by atoms with van der Waals surface area (Å²) in [6.07, 6.45) is 5.37. The van der Waals surface area contributed by atoms with Gasteiger partial charge in [-0.15, -0.1) is 0 Å². The topological polar surface area (TPSA) is 108 Å². The minimum atomic E-state index is -0.513. The van der Waals surface area contributed by atoms with Crippen LogP contribution in [-0.2, 0) is 14.3 Å². The van der Waals surface area contributed by atoms with E-state index in [0.29, 0.717) is 25.7 Å². The molecule has 0 amide bonds. The Morgan fingerprint density at radius 2 is 2.00 bits per heavy atom. The number of aliphatic hydroxyl groups is 2. The van der Waals surface area contributed by atoms with Crippen molar-refractivity contribution in [2.24, 2.45) is 46.3 Å². The van der Waals surface area contributed by atoms with Crippen LogP contribution in [0.2, 0.25) is 0 Å². The van der Waals surface area contributed by atoms with Gasteiger partial charge in [-0.25, -0.2) is 0 Å². The van der Waals surface area contributed by atoms with E-state index in [2.05, 4.69) is 26.8 Å². The number of esters is 1. The molecule has 4 aliphatic rings. The van der Waals surface area contributed by atoms with E-state index >= 15 is 0 Å².